The van der Waals surface area contributed by atoms with Crippen molar-refractivity contribution < 1.29 is 4.79 Å². The first kappa shape index (κ1) is 15.9. The number of halogens is 2. The van der Waals surface area contributed by atoms with Crippen LogP contribution in [0.5, 0.6) is 0 Å². The molecule has 24 heavy (non-hydrogen) atoms. The molecular formula is C17H18Cl2N4O. The van der Waals surface area contributed by atoms with Crippen LogP contribution in [-0.4, -0.2) is 29.2 Å². The molecule has 1 atom stereocenters. The Kier molecular flexibility index (Phi) is 4.03. The molecule has 1 aromatic carbocycles. The van der Waals surface area contributed by atoms with Crippen LogP contribution in [0.2, 0.25) is 10.0 Å². The number of aromatic amines is 1. The summed E-state index contributed by atoms with van der Waals surface area (Å²) in [5.41, 5.74) is 1.82. The van der Waals surface area contributed by atoms with E-state index in [0.29, 0.717) is 15.9 Å². The highest BCUT2D eigenvalue weighted by Gasteiger charge is 2.57. The molecule has 7 heteroatoms. The molecule has 2 heterocycles. The summed E-state index contributed by atoms with van der Waals surface area (Å²) in [5, 5.41) is 14.5. The van der Waals surface area contributed by atoms with Gasteiger partial charge >= 0.3 is 0 Å². The number of nitrogens with one attached hydrogen (secondary N) is 3. The summed E-state index contributed by atoms with van der Waals surface area (Å²) in [6, 6.07) is 7.09. The number of hydrogen-bond acceptors (Lipinski definition) is 3. The molecule has 1 spiro atoms. The van der Waals surface area contributed by atoms with E-state index in [4.69, 9.17) is 23.2 Å². The number of benzene rings is 1. The van der Waals surface area contributed by atoms with Gasteiger partial charge in [0.25, 0.3) is 0 Å². The summed E-state index contributed by atoms with van der Waals surface area (Å²) < 4.78 is 0. The van der Waals surface area contributed by atoms with Gasteiger partial charge < -0.3 is 10.6 Å². The zero-order chi connectivity index (χ0) is 16.7. The van der Waals surface area contributed by atoms with E-state index in [1.165, 1.54) is 0 Å². The molecular weight excluding hydrogens is 347 g/mol. The SMILES string of the molecule is O=C(Nc1cc(-c2cc(Cl)cc(Cl)c2)[nH]n1)C1CC12CCNCC2. The Labute approximate surface area is 150 Å². The van der Waals surface area contributed by atoms with Crippen molar-refractivity contribution in [3.05, 3.63) is 34.3 Å². The van der Waals surface area contributed by atoms with Crippen molar-refractivity contribution in [3.8, 4) is 11.3 Å². The minimum absolute atomic E-state index is 0.0686. The Morgan fingerprint density at radius 3 is 2.58 bits per heavy atom. The van der Waals surface area contributed by atoms with Crippen LogP contribution in [0.4, 0.5) is 5.82 Å². The van der Waals surface area contributed by atoms with Gasteiger partial charge in [0.15, 0.2) is 5.82 Å². The van der Waals surface area contributed by atoms with Gasteiger partial charge in [-0.25, -0.2) is 0 Å². The van der Waals surface area contributed by atoms with Crippen LogP contribution in [0.1, 0.15) is 19.3 Å². The number of nitrogens with zero attached hydrogens (tertiary/aromatic N) is 1. The molecule has 1 saturated heterocycles. The lowest BCUT2D eigenvalue weighted by Gasteiger charge is -2.23. The molecule has 2 aromatic rings. The fourth-order valence-corrected chi connectivity index (χ4v) is 4.18. The number of piperidine rings is 1. The summed E-state index contributed by atoms with van der Waals surface area (Å²) in [5.74, 6) is 0.710. The summed E-state index contributed by atoms with van der Waals surface area (Å²) in [6.07, 6.45) is 3.15. The Morgan fingerprint density at radius 2 is 1.88 bits per heavy atom. The van der Waals surface area contributed by atoms with Gasteiger partial charge in [0.2, 0.25) is 5.91 Å². The predicted octanol–water partition coefficient (Wildman–Crippen LogP) is 3.71. The zero-order valence-electron chi connectivity index (χ0n) is 13.0. The summed E-state index contributed by atoms with van der Waals surface area (Å²) in [7, 11) is 0. The molecule has 0 radical (unpaired) electrons. The van der Waals surface area contributed by atoms with Crippen molar-refractivity contribution in [1.29, 1.82) is 0 Å². The lowest BCUT2D eigenvalue weighted by molar-refractivity contribution is -0.118. The van der Waals surface area contributed by atoms with Crippen LogP contribution in [0.3, 0.4) is 0 Å². The fraction of sp³-hybridized carbons (Fsp3) is 0.412. The third-order valence-electron chi connectivity index (χ3n) is 5.11. The topological polar surface area (TPSA) is 69.8 Å². The predicted molar refractivity (Wildman–Crippen MR) is 95.3 cm³/mol. The molecule has 3 N–H and O–H groups in total. The molecule has 1 aromatic heterocycles. The lowest BCUT2D eigenvalue weighted by atomic mass is 9.92. The van der Waals surface area contributed by atoms with Crippen LogP contribution < -0.4 is 10.6 Å². The highest BCUT2D eigenvalue weighted by atomic mass is 35.5. The third kappa shape index (κ3) is 3.04. The molecule has 1 aliphatic heterocycles. The van der Waals surface area contributed by atoms with Crippen molar-refractivity contribution in [2.75, 3.05) is 18.4 Å². The number of carbonyl (C=O) groups excluding carboxylic acids is 1. The van der Waals surface area contributed by atoms with E-state index < -0.39 is 0 Å². The first-order valence-corrected chi connectivity index (χ1v) is 8.85. The zero-order valence-corrected chi connectivity index (χ0v) is 14.5. The van der Waals surface area contributed by atoms with Crippen LogP contribution in [0, 0.1) is 11.3 Å². The van der Waals surface area contributed by atoms with Gasteiger partial charge in [-0.15, -0.1) is 0 Å². The van der Waals surface area contributed by atoms with Crippen LogP contribution >= 0.6 is 23.2 Å². The van der Waals surface area contributed by atoms with Gasteiger partial charge in [-0.1, -0.05) is 23.2 Å². The average molecular weight is 365 g/mol. The monoisotopic (exact) mass is 364 g/mol. The number of amides is 1. The number of carbonyl (C=O) groups is 1. The van der Waals surface area contributed by atoms with E-state index in [1.807, 2.05) is 0 Å². The molecule has 1 aliphatic carbocycles. The van der Waals surface area contributed by atoms with Crippen LogP contribution in [0.25, 0.3) is 11.3 Å². The maximum absolute atomic E-state index is 12.5. The van der Waals surface area contributed by atoms with E-state index in [1.54, 1.807) is 24.3 Å². The maximum atomic E-state index is 12.5. The number of aromatic nitrogens is 2. The van der Waals surface area contributed by atoms with Crippen LogP contribution in [0.15, 0.2) is 24.3 Å². The van der Waals surface area contributed by atoms with Crippen molar-refractivity contribution in [2.24, 2.45) is 11.3 Å². The average Bonchev–Trinajstić information content (AvgIpc) is 3.03. The van der Waals surface area contributed by atoms with Crippen molar-refractivity contribution >= 4 is 34.9 Å². The summed E-state index contributed by atoms with van der Waals surface area (Å²) in [4.78, 5) is 12.5. The van der Waals surface area contributed by atoms with Crippen molar-refractivity contribution in [3.63, 3.8) is 0 Å². The Bertz CT molecular complexity index is 762. The number of rotatable bonds is 3. The van der Waals surface area contributed by atoms with Gasteiger partial charge in [0.05, 0.1) is 5.69 Å². The standard InChI is InChI=1S/C17H18Cl2N4O/c18-11-5-10(6-12(19)7-11)14-8-15(23-22-14)21-16(24)13-9-17(13)1-3-20-4-2-17/h5-8,13,20H,1-4,9H2,(H2,21,22,23,24). The van der Waals surface area contributed by atoms with Crippen LogP contribution in [-0.2, 0) is 4.79 Å². The number of hydrogen-bond donors (Lipinski definition) is 3. The van der Waals surface area contributed by atoms with Gasteiger partial charge in [-0.2, -0.15) is 5.10 Å². The van der Waals surface area contributed by atoms with E-state index in [-0.39, 0.29) is 17.2 Å². The van der Waals surface area contributed by atoms with Crippen molar-refractivity contribution in [1.82, 2.24) is 15.5 Å². The molecule has 4 rings (SSSR count). The Hall–Kier alpha value is -1.56. The molecule has 2 fully saturated rings. The molecule has 2 aliphatic rings. The molecule has 0 bridgehead atoms. The molecule has 1 unspecified atom stereocenters. The van der Waals surface area contributed by atoms with Gasteiger partial charge in [0, 0.05) is 27.6 Å². The second-order valence-corrected chi connectivity index (χ2v) is 7.56. The molecule has 5 nitrogen and oxygen atoms in total. The normalized spacial score (nSPS) is 21.7. The summed E-state index contributed by atoms with van der Waals surface area (Å²) >= 11 is 12.1. The smallest absolute Gasteiger partial charge is 0.229 e. The van der Waals surface area contributed by atoms with Gasteiger partial charge in [-0.05, 0) is 56.0 Å². The Balaban J connectivity index is 1.45. The largest absolute Gasteiger partial charge is 0.317 e. The van der Waals surface area contributed by atoms with Crippen molar-refractivity contribution in [2.45, 2.75) is 19.3 Å². The fourth-order valence-electron chi connectivity index (χ4n) is 3.65. The quantitative estimate of drug-likeness (QED) is 0.777. The highest BCUT2D eigenvalue weighted by molar-refractivity contribution is 6.35. The number of H-pyrrole nitrogens is 1. The van der Waals surface area contributed by atoms with E-state index in [0.717, 1.165) is 43.6 Å². The van der Waals surface area contributed by atoms with E-state index in [2.05, 4.69) is 20.8 Å². The second-order valence-electron chi connectivity index (χ2n) is 6.68. The first-order valence-electron chi connectivity index (χ1n) is 8.09. The van der Waals surface area contributed by atoms with Gasteiger partial charge in [-0.3, -0.25) is 9.89 Å². The highest BCUT2D eigenvalue weighted by Crippen LogP contribution is 2.58. The third-order valence-corrected chi connectivity index (χ3v) is 5.54. The molecule has 1 saturated carbocycles. The molecule has 126 valence electrons. The second kappa shape index (κ2) is 6.06. The Morgan fingerprint density at radius 1 is 1.17 bits per heavy atom. The minimum Gasteiger partial charge on any atom is -0.317 e. The minimum atomic E-state index is 0.0686. The molecule has 1 amide bonds. The van der Waals surface area contributed by atoms with E-state index >= 15 is 0 Å². The summed E-state index contributed by atoms with van der Waals surface area (Å²) in [6.45, 7) is 2.01. The van der Waals surface area contributed by atoms with Gasteiger partial charge in [0.1, 0.15) is 0 Å². The lowest BCUT2D eigenvalue weighted by Crippen LogP contribution is -2.31. The van der Waals surface area contributed by atoms with E-state index in [9.17, 15) is 4.79 Å². The number of anilines is 1. The first-order chi connectivity index (χ1) is 11.6. The maximum Gasteiger partial charge on any atom is 0.229 e.